The van der Waals surface area contributed by atoms with Gasteiger partial charge in [0.1, 0.15) is 11.6 Å². The van der Waals surface area contributed by atoms with Gasteiger partial charge in [-0.3, -0.25) is 5.41 Å². The Morgan fingerprint density at radius 1 is 1.08 bits per heavy atom. The third kappa shape index (κ3) is 6.69. The molecule has 209 valence electrons. The number of aliphatic hydroxyl groups excluding tert-OH is 1. The minimum Gasteiger partial charge on any atom is -0.497 e. The second-order valence-corrected chi connectivity index (χ2v) is 8.83. The molecule has 1 aliphatic rings. The average molecular weight is 586 g/mol. The number of rotatable bonds is 6. The summed E-state index contributed by atoms with van der Waals surface area (Å²) in [4.78, 5) is 1.94. The number of hydrogen-bond acceptors (Lipinski definition) is 4. The summed E-state index contributed by atoms with van der Waals surface area (Å²) >= 11 is 0. The van der Waals surface area contributed by atoms with E-state index >= 15 is 0 Å². The van der Waals surface area contributed by atoms with Crippen molar-refractivity contribution in [1.82, 2.24) is 0 Å². The van der Waals surface area contributed by atoms with E-state index in [2.05, 4.69) is 0 Å². The molecule has 0 amide bonds. The molecular weight excluding hydrogens is 557 g/mol. The molecule has 0 saturated heterocycles. The van der Waals surface area contributed by atoms with E-state index in [-0.39, 0.29) is 34.7 Å². The SMILES string of the molecule is CCN1/C(=C\C=N)C(C)(Cc2c(F)cccc2C(F)(F)F)c2cc(OC)ccc21.N=C(O)c1ccccc1.[Co]. The summed E-state index contributed by atoms with van der Waals surface area (Å²) in [5.41, 5.74) is 0.418. The molecule has 0 saturated carbocycles. The van der Waals surface area contributed by atoms with E-state index in [1.165, 1.54) is 7.11 Å². The van der Waals surface area contributed by atoms with Crippen molar-refractivity contribution in [3.05, 3.63) is 107 Å². The molecule has 1 radical (unpaired) electrons. The van der Waals surface area contributed by atoms with Crippen molar-refractivity contribution in [3.8, 4) is 5.75 Å². The standard InChI is InChI=1S/C22H22F4N2O.C7H7NO.Co/c1-4-28-19-9-8-14(29-3)12-17(19)21(2,20(28)10-11-27)13-15-16(22(24,25)26)6-5-7-18(15)23;8-7(9)6-4-2-1-3-5-6;/h5-12,27H,4,13H2,1-3H3;1-5H,(H2,8,9);/b20-10-,27-11?;;. The van der Waals surface area contributed by atoms with Gasteiger partial charge in [0.25, 0.3) is 0 Å². The predicted octanol–water partition coefficient (Wildman–Crippen LogP) is 7.29. The maximum atomic E-state index is 14.6. The summed E-state index contributed by atoms with van der Waals surface area (Å²) in [6.07, 6.45) is -2.21. The van der Waals surface area contributed by atoms with E-state index in [1.807, 2.05) is 24.0 Å². The zero-order chi connectivity index (χ0) is 28.1. The molecule has 0 aromatic heterocycles. The zero-order valence-electron chi connectivity index (χ0n) is 21.6. The van der Waals surface area contributed by atoms with Crippen LogP contribution in [0.15, 0.2) is 78.5 Å². The molecule has 1 unspecified atom stereocenters. The van der Waals surface area contributed by atoms with Crippen molar-refractivity contribution in [2.75, 3.05) is 18.6 Å². The maximum Gasteiger partial charge on any atom is 0.416 e. The molecule has 1 atom stereocenters. The average Bonchev–Trinajstić information content (AvgIpc) is 3.12. The van der Waals surface area contributed by atoms with Crippen molar-refractivity contribution in [2.45, 2.75) is 31.9 Å². The number of methoxy groups -OCH3 is 1. The Labute approximate surface area is 235 Å². The fourth-order valence-electron chi connectivity index (χ4n) is 4.72. The van der Waals surface area contributed by atoms with Gasteiger partial charge in [-0.05, 0) is 74.4 Å². The van der Waals surface area contributed by atoms with Gasteiger partial charge in [-0.25, -0.2) is 4.39 Å². The Kier molecular flexibility index (Phi) is 10.5. The van der Waals surface area contributed by atoms with Crippen LogP contribution >= 0.6 is 0 Å². The number of likely N-dealkylation sites (N-methyl/N-ethyl adjacent to an activating group) is 1. The molecule has 5 nitrogen and oxygen atoms in total. The number of allylic oxidation sites excluding steroid dienone is 2. The fraction of sp³-hybridized carbons (Fsp3) is 0.241. The van der Waals surface area contributed by atoms with Crippen molar-refractivity contribution >= 4 is 17.8 Å². The molecule has 39 heavy (non-hydrogen) atoms. The Balaban J connectivity index is 0.000000453. The number of hydrogen-bond donors (Lipinski definition) is 3. The van der Waals surface area contributed by atoms with Crippen LogP contribution in [0.25, 0.3) is 0 Å². The largest absolute Gasteiger partial charge is 0.497 e. The Morgan fingerprint density at radius 3 is 2.26 bits per heavy atom. The molecule has 4 rings (SSSR count). The summed E-state index contributed by atoms with van der Waals surface area (Å²) in [7, 11) is 1.51. The summed E-state index contributed by atoms with van der Waals surface area (Å²) in [6.45, 7) is 4.25. The van der Waals surface area contributed by atoms with Gasteiger partial charge >= 0.3 is 6.18 Å². The maximum absolute atomic E-state index is 14.6. The second-order valence-electron chi connectivity index (χ2n) is 8.83. The van der Waals surface area contributed by atoms with Crippen LogP contribution in [0.3, 0.4) is 0 Å². The first-order chi connectivity index (χ1) is 18.0. The molecule has 0 bridgehead atoms. The van der Waals surface area contributed by atoms with Crippen molar-refractivity contribution in [3.63, 3.8) is 0 Å². The zero-order valence-corrected chi connectivity index (χ0v) is 22.6. The summed E-state index contributed by atoms with van der Waals surface area (Å²) < 4.78 is 60.7. The number of alkyl halides is 3. The van der Waals surface area contributed by atoms with E-state index in [0.717, 1.165) is 35.7 Å². The molecule has 0 fully saturated rings. The van der Waals surface area contributed by atoms with Crippen LogP contribution in [0, 0.1) is 16.6 Å². The molecule has 0 aliphatic carbocycles. The van der Waals surface area contributed by atoms with Gasteiger partial charge in [-0.2, -0.15) is 13.2 Å². The van der Waals surface area contributed by atoms with Crippen LogP contribution < -0.4 is 9.64 Å². The molecule has 3 N–H and O–H groups in total. The fourth-order valence-corrected chi connectivity index (χ4v) is 4.72. The monoisotopic (exact) mass is 586 g/mol. The molecule has 0 spiro atoms. The van der Waals surface area contributed by atoms with Gasteiger partial charge in [-0.1, -0.05) is 24.3 Å². The number of aliphatic hydroxyl groups is 1. The van der Waals surface area contributed by atoms with Gasteiger partial charge < -0.3 is 20.2 Å². The normalized spacial score (nSPS) is 17.0. The third-order valence-electron chi connectivity index (χ3n) is 6.50. The Hall–Kier alpha value is -3.63. The van der Waals surface area contributed by atoms with Crippen molar-refractivity contribution in [1.29, 1.82) is 10.8 Å². The number of benzene rings is 3. The Morgan fingerprint density at radius 2 is 1.74 bits per heavy atom. The molecule has 1 aliphatic heterocycles. The van der Waals surface area contributed by atoms with Gasteiger partial charge in [-0.15, -0.1) is 0 Å². The first kappa shape index (κ1) is 31.6. The summed E-state index contributed by atoms with van der Waals surface area (Å²) in [5.74, 6) is -0.711. The molecular formula is C29H29CoF4N3O2. The third-order valence-corrected chi connectivity index (χ3v) is 6.50. The summed E-state index contributed by atoms with van der Waals surface area (Å²) in [5, 5.41) is 22.9. The number of halogens is 4. The predicted molar refractivity (Wildman–Crippen MR) is 141 cm³/mol. The van der Waals surface area contributed by atoms with E-state index in [9.17, 15) is 17.6 Å². The summed E-state index contributed by atoms with van der Waals surface area (Å²) in [6, 6.07) is 17.2. The van der Waals surface area contributed by atoms with Crippen LogP contribution in [0.5, 0.6) is 5.75 Å². The second kappa shape index (κ2) is 12.9. The van der Waals surface area contributed by atoms with E-state index < -0.39 is 23.0 Å². The number of nitrogens with one attached hydrogen (secondary N) is 2. The molecule has 3 aromatic carbocycles. The first-order valence-corrected chi connectivity index (χ1v) is 11.8. The minimum atomic E-state index is -4.67. The quantitative estimate of drug-likeness (QED) is 0.161. The van der Waals surface area contributed by atoms with Gasteiger partial charge in [0.05, 0.1) is 12.7 Å². The van der Waals surface area contributed by atoms with Gasteiger partial charge in [0.15, 0.2) is 0 Å². The number of anilines is 1. The number of fused-ring (bicyclic) bond motifs is 1. The van der Waals surface area contributed by atoms with Crippen LogP contribution in [0.1, 0.15) is 36.1 Å². The molecule has 10 heteroatoms. The van der Waals surface area contributed by atoms with Crippen molar-refractivity contribution < 1.29 is 44.2 Å². The van der Waals surface area contributed by atoms with E-state index in [4.69, 9.17) is 20.7 Å². The van der Waals surface area contributed by atoms with Gasteiger partial charge in [0.2, 0.25) is 5.90 Å². The molecule has 3 aromatic rings. The van der Waals surface area contributed by atoms with Crippen LogP contribution in [-0.4, -0.2) is 30.9 Å². The smallest absolute Gasteiger partial charge is 0.416 e. The van der Waals surface area contributed by atoms with Crippen LogP contribution in [0.2, 0.25) is 0 Å². The molecule has 1 heterocycles. The minimum absolute atomic E-state index is 0. The van der Waals surface area contributed by atoms with Gasteiger partial charge in [0, 0.05) is 57.5 Å². The Bertz CT molecular complexity index is 1350. The van der Waals surface area contributed by atoms with Crippen molar-refractivity contribution in [2.24, 2.45) is 0 Å². The van der Waals surface area contributed by atoms with E-state index in [1.54, 1.807) is 49.4 Å². The van der Waals surface area contributed by atoms with Crippen LogP contribution in [0.4, 0.5) is 23.2 Å². The van der Waals surface area contributed by atoms with E-state index in [0.29, 0.717) is 23.6 Å². The van der Waals surface area contributed by atoms with Crippen LogP contribution in [-0.2, 0) is 34.8 Å². The number of nitrogens with zero attached hydrogens (tertiary/aromatic N) is 1. The first-order valence-electron chi connectivity index (χ1n) is 11.8. The topological polar surface area (TPSA) is 80.4 Å². The number of ether oxygens (including phenoxy) is 1.